The summed E-state index contributed by atoms with van der Waals surface area (Å²) in [4.78, 5) is 28.0. The molecule has 0 saturated carbocycles. The first kappa shape index (κ1) is 19.3. The maximum atomic E-state index is 12.6. The van der Waals surface area contributed by atoms with Gasteiger partial charge in [0, 0.05) is 38.2 Å². The predicted octanol–water partition coefficient (Wildman–Crippen LogP) is 3.57. The molecule has 0 aliphatic carbocycles. The average Bonchev–Trinajstić information content (AvgIpc) is 2.84. The van der Waals surface area contributed by atoms with E-state index in [0.29, 0.717) is 39.0 Å². The van der Waals surface area contributed by atoms with Crippen molar-refractivity contribution in [2.24, 2.45) is 0 Å². The zero-order valence-corrected chi connectivity index (χ0v) is 14.3. The van der Waals surface area contributed by atoms with Crippen LogP contribution in [0.15, 0.2) is 24.3 Å². The Kier molecular flexibility index (Phi) is 6.45. The topological polar surface area (TPSA) is 40.6 Å². The standard InChI is InChI=1S/C18H23F3N2O2/c1-2-3-5-16(24)22-10-4-11-23(13-12-22)17(25)14-6-8-15(9-7-14)18(19,20)21/h6-9H,2-5,10-13H2,1H3. The maximum absolute atomic E-state index is 12.6. The molecular formula is C18H23F3N2O2. The number of hydrogen-bond acceptors (Lipinski definition) is 2. The maximum Gasteiger partial charge on any atom is 0.416 e. The van der Waals surface area contributed by atoms with Gasteiger partial charge in [0.15, 0.2) is 0 Å². The second kappa shape index (κ2) is 8.36. The third-order valence-corrected chi connectivity index (χ3v) is 4.34. The van der Waals surface area contributed by atoms with Gasteiger partial charge in [0.05, 0.1) is 5.56 Å². The number of amides is 2. The van der Waals surface area contributed by atoms with Crippen LogP contribution in [0.2, 0.25) is 0 Å². The van der Waals surface area contributed by atoms with Crippen molar-refractivity contribution >= 4 is 11.8 Å². The molecule has 0 atom stereocenters. The summed E-state index contributed by atoms with van der Waals surface area (Å²) in [7, 11) is 0. The van der Waals surface area contributed by atoms with Crippen LogP contribution in [-0.4, -0.2) is 47.8 Å². The van der Waals surface area contributed by atoms with E-state index in [4.69, 9.17) is 0 Å². The fraction of sp³-hybridized carbons (Fsp3) is 0.556. The SMILES string of the molecule is CCCCC(=O)N1CCCN(C(=O)c2ccc(C(F)(F)F)cc2)CC1. The molecule has 0 spiro atoms. The molecule has 7 heteroatoms. The van der Waals surface area contributed by atoms with Gasteiger partial charge in [-0.25, -0.2) is 0 Å². The van der Waals surface area contributed by atoms with Crippen LogP contribution in [0.25, 0.3) is 0 Å². The van der Waals surface area contributed by atoms with Crippen LogP contribution in [0.4, 0.5) is 13.2 Å². The zero-order chi connectivity index (χ0) is 18.4. The monoisotopic (exact) mass is 356 g/mol. The van der Waals surface area contributed by atoms with Crippen molar-refractivity contribution < 1.29 is 22.8 Å². The van der Waals surface area contributed by atoms with Crippen molar-refractivity contribution in [1.82, 2.24) is 9.80 Å². The largest absolute Gasteiger partial charge is 0.416 e. The van der Waals surface area contributed by atoms with Crippen molar-refractivity contribution in [3.05, 3.63) is 35.4 Å². The van der Waals surface area contributed by atoms with Gasteiger partial charge in [-0.3, -0.25) is 9.59 Å². The number of nitrogens with zero attached hydrogens (tertiary/aromatic N) is 2. The molecule has 4 nitrogen and oxygen atoms in total. The molecule has 0 unspecified atom stereocenters. The summed E-state index contributed by atoms with van der Waals surface area (Å²) < 4.78 is 37.8. The van der Waals surface area contributed by atoms with Crippen molar-refractivity contribution in [2.45, 2.75) is 38.8 Å². The van der Waals surface area contributed by atoms with Gasteiger partial charge in [0.1, 0.15) is 0 Å². The smallest absolute Gasteiger partial charge is 0.341 e. The van der Waals surface area contributed by atoms with Crippen molar-refractivity contribution in [3.63, 3.8) is 0 Å². The highest BCUT2D eigenvalue weighted by Crippen LogP contribution is 2.29. The molecule has 2 rings (SSSR count). The van der Waals surface area contributed by atoms with Crippen LogP contribution >= 0.6 is 0 Å². The molecule has 0 N–H and O–H groups in total. The van der Waals surface area contributed by atoms with Crippen molar-refractivity contribution in [1.29, 1.82) is 0 Å². The Morgan fingerprint density at radius 3 is 2.20 bits per heavy atom. The Morgan fingerprint density at radius 1 is 1.00 bits per heavy atom. The van der Waals surface area contributed by atoms with Gasteiger partial charge in [-0.05, 0) is 37.1 Å². The molecular weight excluding hydrogens is 333 g/mol. The van der Waals surface area contributed by atoms with Crippen LogP contribution in [0.1, 0.15) is 48.5 Å². The highest BCUT2D eigenvalue weighted by molar-refractivity contribution is 5.94. The molecule has 0 radical (unpaired) electrons. The van der Waals surface area contributed by atoms with Gasteiger partial charge < -0.3 is 9.80 Å². The lowest BCUT2D eigenvalue weighted by Gasteiger charge is -2.22. The summed E-state index contributed by atoms with van der Waals surface area (Å²) in [5, 5.41) is 0. The third-order valence-electron chi connectivity index (χ3n) is 4.34. The number of alkyl halides is 3. The Bertz CT molecular complexity index is 599. The first-order valence-electron chi connectivity index (χ1n) is 8.57. The van der Waals surface area contributed by atoms with Gasteiger partial charge in [0.25, 0.3) is 5.91 Å². The van der Waals surface area contributed by atoms with Crippen molar-refractivity contribution in [2.75, 3.05) is 26.2 Å². The first-order valence-corrected chi connectivity index (χ1v) is 8.57. The molecule has 1 aliphatic rings. The minimum absolute atomic E-state index is 0.102. The lowest BCUT2D eigenvalue weighted by Crippen LogP contribution is -2.37. The molecule has 1 aliphatic heterocycles. The fourth-order valence-corrected chi connectivity index (χ4v) is 2.84. The lowest BCUT2D eigenvalue weighted by molar-refractivity contribution is -0.137. The molecule has 1 saturated heterocycles. The van der Waals surface area contributed by atoms with Crippen molar-refractivity contribution in [3.8, 4) is 0 Å². The van der Waals surface area contributed by atoms with E-state index in [0.717, 1.165) is 25.0 Å². The predicted molar refractivity (Wildman–Crippen MR) is 88.1 cm³/mol. The Morgan fingerprint density at radius 2 is 1.60 bits per heavy atom. The van der Waals surface area contributed by atoms with Crippen LogP contribution in [0, 0.1) is 0 Å². The van der Waals surface area contributed by atoms with Gasteiger partial charge in [-0.2, -0.15) is 13.2 Å². The zero-order valence-electron chi connectivity index (χ0n) is 14.3. The molecule has 1 fully saturated rings. The molecule has 0 bridgehead atoms. The summed E-state index contributed by atoms with van der Waals surface area (Å²) in [6, 6.07) is 4.26. The van der Waals surface area contributed by atoms with E-state index in [1.54, 1.807) is 9.80 Å². The minimum Gasteiger partial charge on any atom is -0.341 e. The van der Waals surface area contributed by atoms with E-state index in [-0.39, 0.29) is 17.4 Å². The van der Waals surface area contributed by atoms with E-state index in [1.165, 1.54) is 12.1 Å². The molecule has 0 aromatic heterocycles. The number of rotatable bonds is 4. The Labute approximate surface area is 145 Å². The quantitative estimate of drug-likeness (QED) is 0.828. The van der Waals surface area contributed by atoms with Crippen LogP contribution in [0.3, 0.4) is 0 Å². The molecule has 1 aromatic rings. The number of benzene rings is 1. The average molecular weight is 356 g/mol. The molecule has 2 amide bonds. The number of hydrogen-bond donors (Lipinski definition) is 0. The summed E-state index contributed by atoms with van der Waals surface area (Å²) >= 11 is 0. The molecule has 1 heterocycles. The highest BCUT2D eigenvalue weighted by atomic mass is 19.4. The summed E-state index contributed by atoms with van der Waals surface area (Å²) in [6.07, 6.45) is -1.42. The third kappa shape index (κ3) is 5.21. The van der Waals surface area contributed by atoms with E-state index in [9.17, 15) is 22.8 Å². The van der Waals surface area contributed by atoms with E-state index in [2.05, 4.69) is 0 Å². The van der Waals surface area contributed by atoms with Crippen LogP contribution in [0.5, 0.6) is 0 Å². The second-order valence-corrected chi connectivity index (χ2v) is 6.21. The van der Waals surface area contributed by atoms with Crippen LogP contribution in [-0.2, 0) is 11.0 Å². The van der Waals surface area contributed by atoms with E-state index >= 15 is 0 Å². The van der Waals surface area contributed by atoms with Gasteiger partial charge >= 0.3 is 6.18 Å². The fourth-order valence-electron chi connectivity index (χ4n) is 2.84. The number of halogens is 3. The first-order chi connectivity index (χ1) is 11.8. The normalized spacial score (nSPS) is 15.8. The molecule has 1 aromatic carbocycles. The van der Waals surface area contributed by atoms with Gasteiger partial charge in [0.2, 0.25) is 5.91 Å². The number of unbranched alkanes of at least 4 members (excludes halogenated alkanes) is 1. The second-order valence-electron chi connectivity index (χ2n) is 6.21. The highest BCUT2D eigenvalue weighted by Gasteiger charge is 2.30. The Hall–Kier alpha value is -2.05. The van der Waals surface area contributed by atoms with Gasteiger partial charge in [-0.1, -0.05) is 13.3 Å². The Balaban J connectivity index is 1.97. The number of carbonyl (C=O) groups excluding carboxylic acids is 2. The minimum atomic E-state index is -4.41. The van der Waals surface area contributed by atoms with Gasteiger partial charge in [-0.15, -0.1) is 0 Å². The summed E-state index contributed by atoms with van der Waals surface area (Å²) in [6.45, 7) is 4.00. The summed E-state index contributed by atoms with van der Waals surface area (Å²) in [5.41, 5.74) is -0.536. The number of carbonyl (C=O) groups is 2. The summed E-state index contributed by atoms with van der Waals surface area (Å²) in [5.74, 6) is -0.192. The van der Waals surface area contributed by atoms with Crippen LogP contribution < -0.4 is 0 Å². The lowest BCUT2D eigenvalue weighted by atomic mass is 10.1. The molecule has 138 valence electrons. The van der Waals surface area contributed by atoms with E-state index in [1.807, 2.05) is 6.92 Å². The van der Waals surface area contributed by atoms with E-state index < -0.39 is 11.7 Å². The molecule has 25 heavy (non-hydrogen) atoms.